The molecule has 0 aromatic carbocycles. The average molecular weight is 198 g/mol. The van der Waals surface area contributed by atoms with E-state index in [2.05, 4.69) is 4.98 Å². The van der Waals surface area contributed by atoms with Crippen molar-refractivity contribution in [2.24, 2.45) is 5.92 Å². The summed E-state index contributed by atoms with van der Waals surface area (Å²) in [4.78, 5) is 14.5. The minimum Gasteiger partial charge on any atom is -0.481 e. The van der Waals surface area contributed by atoms with Crippen LogP contribution in [0.25, 0.3) is 0 Å². The lowest BCUT2D eigenvalue weighted by molar-refractivity contribution is -0.145. The van der Waals surface area contributed by atoms with Crippen molar-refractivity contribution < 1.29 is 15.0 Å². The molecule has 0 bridgehead atoms. The van der Waals surface area contributed by atoms with Gasteiger partial charge in [-0.1, -0.05) is 0 Å². The molecule has 1 rings (SSSR count). The Morgan fingerprint density at radius 2 is 2.36 bits per heavy atom. The molecule has 1 aromatic rings. The Balaban J connectivity index is 2.88. The zero-order valence-corrected chi connectivity index (χ0v) is 8.21. The van der Waals surface area contributed by atoms with Gasteiger partial charge in [0.1, 0.15) is 6.10 Å². The number of hydrogen-bond acceptors (Lipinski definition) is 3. The van der Waals surface area contributed by atoms with Crippen LogP contribution in [0.5, 0.6) is 0 Å². The van der Waals surface area contributed by atoms with Gasteiger partial charge in [-0.3, -0.25) is 4.79 Å². The SMILES string of the molecule is CCn1cncc1C(O)C(C)C(=O)O. The fourth-order valence-electron chi connectivity index (χ4n) is 1.23. The summed E-state index contributed by atoms with van der Waals surface area (Å²) >= 11 is 0. The Kier molecular flexibility index (Phi) is 3.24. The lowest BCUT2D eigenvalue weighted by atomic mass is 10.0. The van der Waals surface area contributed by atoms with Crippen molar-refractivity contribution in [3.05, 3.63) is 18.2 Å². The maximum Gasteiger partial charge on any atom is 0.309 e. The Labute approximate surface area is 82.0 Å². The van der Waals surface area contributed by atoms with Crippen LogP contribution >= 0.6 is 0 Å². The Morgan fingerprint density at radius 1 is 1.71 bits per heavy atom. The molecule has 0 fully saturated rings. The third kappa shape index (κ3) is 1.93. The number of carboxylic acids is 1. The van der Waals surface area contributed by atoms with Gasteiger partial charge in [0.25, 0.3) is 0 Å². The number of aliphatic hydroxyl groups is 1. The second kappa shape index (κ2) is 4.23. The third-order valence-corrected chi connectivity index (χ3v) is 2.25. The van der Waals surface area contributed by atoms with Crippen molar-refractivity contribution >= 4 is 5.97 Å². The summed E-state index contributed by atoms with van der Waals surface area (Å²) in [6.07, 6.45) is 2.07. The van der Waals surface area contributed by atoms with Crippen LogP contribution in [-0.4, -0.2) is 25.7 Å². The summed E-state index contributed by atoms with van der Waals surface area (Å²) in [5.41, 5.74) is 0.544. The van der Waals surface area contributed by atoms with Crippen molar-refractivity contribution in [2.45, 2.75) is 26.5 Å². The second-order valence-corrected chi connectivity index (χ2v) is 3.18. The van der Waals surface area contributed by atoms with Crippen molar-refractivity contribution in [1.29, 1.82) is 0 Å². The minimum absolute atomic E-state index is 0.544. The first-order valence-corrected chi connectivity index (χ1v) is 4.48. The number of imidazole rings is 1. The highest BCUT2D eigenvalue weighted by atomic mass is 16.4. The molecule has 1 aromatic heterocycles. The zero-order chi connectivity index (χ0) is 10.7. The van der Waals surface area contributed by atoms with E-state index >= 15 is 0 Å². The van der Waals surface area contributed by atoms with Gasteiger partial charge >= 0.3 is 5.97 Å². The Morgan fingerprint density at radius 3 is 2.86 bits per heavy atom. The van der Waals surface area contributed by atoms with Gasteiger partial charge in [0.2, 0.25) is 0 Å². The van der Waals surface area contributed by atoms with E-state index in [1.165, 1.54) is 13.1 Å². The van der Waals surface area contributed by atoms with Crippen LogP contribution in [0.2, 0.25) is 0 Å². The maximum absolute atomic E-state index is 10.6. The molecule has 2 atom stereocenters. The molecule has 0 amide bonds. The summed E-state index contributed by atoms with van der Waals surface area (Å²) in [5, 5.41) is 18.4. The second-order valence-electron chi connectivity index (χ2n) is 3.18. The number of aliphatic hydroxyl groups excluding tert-OH is 1. The molecule has 0 radical (unpaired) electrons. The number of hydrogen-bond donors (Lipinski definition) is 2. The molecule has 2 N–H and O–H groups in total. The molecule has 0 aliphatic carbocycles. The van der Waals surface area contributed by atoms with E-state index in [4.69, 9.17) is 5.11 Å². The van der Waals surface area contributed by atoms with Gasteiger partial charge in [-0.15, -0.1) is 0 Å². The van der Waals surface area contributed by atoms with Crippen LogP contribution in [0.15, 0.2) is 12.5 Å². The van der Waals surface area contributed by atoms with Crippen LogP contribution in [0.4, 0.5) is 0 Å². The molecule has 1 heterocycles. The first-order valence-electron chi connectivity index (χ1n) is 4.48. The quantitative estimate of drug-likeness (QED) is 0.745. The van der Waals surface area contributed by atoms with Crippen LogP contribution in [-0.2, 0) is 11.3 Å². The first-order chi connectivity index (χ1) is 6.57. The lowest BCUT2D eigenvalue weighted by Gasteiger charge is -2.15. The van der Waals surface area contributed by atoms with E-state index in [1.807, 2.05) is 6.92 Å². The van der Waals surface area contributed by atoms with E-state index < -0.39 is 18.0 Å². The van der Waals surface area contributed by atoms with Gasteiger partial charge in [0.05, 0.1) is 24.1 Å². The van der Waals surface area contributed by atoms with E-state index in [-0.39, 0.29) is 0 Å². The normalized spacial score (nSPS) is 15.1. The molecular formula is C9H14N2O3. The summed E-state index contributed by atoms with van der Waals surface area (Å²) < 4.78 is 1.73. The lowest BCUT2D eigenvalue weighted by Crippen LogP contribution is -2.20. The van der Waals surface area contributed by atoms with Gasteiger partial charge < -0.3 is 14.8 Å². The van der Waals surface area contributed by atoms with E-state index in [1.54, 1.807) is 10.9 Å². The monoisotopic (exact) mass is 198 g/mol. The molecular weight excluding hydrogens is 184 g/mol. The molecule has 14 heavy (non-hydrogen) atoms. The number of carbonyl (C=O) groups is 1. The summed E-state index contributed by atoms with van der Waals surface area (Å²) in [7, 11) is 0. The number of aliphatic carboxylic acids is 1. The summed E-state index contributed by atoms with van der Waals surface area (Å²) in [5.74, 6) is -1.83. The van der Waals surface area contributed by atoms with Crippen molar-refractivity contribution in [3.8, 4) is 0 Å². The summed E-state index contributed by atoms with van der Waals surface area (Å²) in [6.45, 7) is 4.04. The van der Waals surface area contributed by atoms with Gasteiger partial charge in [0, 0.05) is 6.54 Å². The summed E-state index contributed by atoms with van der Waals surface area (Å²) in [6, 6.07) is 0. The smallest absolute Gasteiger partial charge is 0.309 e. The van der Waals surface area contributed by atoms with Gasteiger partial charge in [-0.25, -0.2) is 4.98 Å². The van der Waals surface area contributed by atoms with E-state index in [0.717, 1.165) is 0 Å². The first kappa shape index (κ1) is 10.7. The van der Waals surface area contributed by atoms with Gasteiger partial charge in [-0.2, -0.15) is 0 Å². The number of nitrogens with zero attached hydrogens (tertiary/aromatic N) is 2. The highest BCUT2D eigenvalue weighted by Gasteiger charge is 2.25. The Bertz CT molecular complexity index is 322. The number of aromatic nitrogens is 2. The van der Waals surface area contributed by atoms with Crippen molar-refractivity contribution in [1.82, 2.24) is 9.55 Å². The highest BCUT2D eigenvalue weighted by molar-refractivity contribution is 5.70. The molecule has 0 saturated heterocycles. The molecule has 78 valence electrons. The molecule has 0 aliphatic heterocycles. The fourth-order valence-corrected chi connectivity index (χ4v) is 1.23. The molecule has 5 heteroatoms. The minimum atomic E-state index is -1.01. The van der Waals surface area contributed by atoms with E-state index in [9.17, 15) is 9.90 Å². The largest absolute Gasteiger partial charge is 0.481 e. The standard InChI is InChI=1S/C9H14N2O3/c1-3-11-5-10-4-7(11)8(12)6(2)9(13)14/h4-6,8,12H,3H2,1-2H3,(H,13,14). The third-order valence-electron chi connectivity index (χ3n) is 2.25. The topological polar surface area (TPSA) is 75.3 Å². The van der Waals surface area contributed by atoms with Crippen LogP contribution in [0, 0.1) is 5.92 Å². The van der Waals surface area contributed by atoms with Crippen molar-refractivity contribution in [2.75, 3.05) is 0 Å². The van der Waals surface area contributed by atoms with Crippen LogP contribution in [0.3, 0.4) is 0 Å². The Hall–Kier alpha value is -1.36. The van der Waals surface area contributed by atoms with Crippen LogP contribution in [0.1, 0.15) is 25.6 Å². The predicted octanol–water partition coefficient (Wildman–Crippen LogP) is 0.657. The zero-order valence-electron chi connectivity index (χ0n) is 8.21. The highest BCUT2D eigenvalue weighted by Crippen LogP contribution is 2.21. The molecule has 2 unspecified atom stereocenters. The number of carboxylic acid groups (broad SMARTS) is 1. The van der Waals surface area contributed by atoms with Gasteiger partial charge in [0.15, 0.2) is 0 Å². The predicted molar refractivity (Wildman–Crippen MR) is 49.7 cm³/mol. The number of aryl methyl sites for hydroxylation is 1. The average Bonchev–Trinajstić information content (AvgIpc) is 2.62. The molecule has 0 saturated carbocycles. The van der Waals surface area contributed by atoms with Crippen molar-refractivity contribution in [3.63, 3.8) is 0 Å². The van der Waals surface area contributed by atoms with Gasteiger partial charge in [-0.05, 0) is 13.8 Å². The number of rotatable bonds is 4. The molecule has 0 aliphatic rings. The molecule has 5 nitrogen and oxygen atoms in total. The maximum atomic E-state index is 10.6. The van der Waals surface area contributed by atoms with E-state index in [0.29, 0.717) is 12.2 Å². The molecule has 0 spiro atoms. The van der Waals surface area contributed by atoms with Crippen LogP contribution < -0.4 is 0 Å². The fraction of sp³-hybridized carbons (Fsp3) is 0.556.